The molecular formula is C18H14N2O4S2. The number of ether oxygens (including phenoxy) is 1. The summed E-state index contributed by atoms with van der Waals surface area (Å²) in [6.45, 7) is 0. The summed E-state index contributed by atoms with van der Waals surface area (Å²) < 4.78 is 33.4. The molecule has 0 saturated heterocycles. The molecule has 0 unspecified atom stereocenters. The average molecular weight is 386 g/mol. The van der Waals surface area contributed by atoms with Crippen LogP contribution in [-0.2, 0) is 10.0 Å². The number of carbonyl (C=O) groups is 1. The molecule has 4 rings (SSSR count). The van der Waals surface area contributed by atoms with E-state index in [2.05, 4.69) is 4.72 Å². The van der Waals surface area contributed by atoms with Gasteiger partial charge in [0, 0.05) is 12.7 Å². The molecule has 3 aromatic rings. The van der Waals surface area contributed by atoms with Gasteiger partial charge in [0.1, 0.15) is 9.96 Å². The Morgan fingerprint density at radius 1 is 1.04 bits per heavy atom. The molecule has 1 amide bonds. The summed E-state index contributed by atoms with van der Waals surface area (Å²) in [6, 6.07) is 15.1. The van der Waals surface area contributed by atoms with E-state index >= 15 is 0 Å². The fourth-order valence-electron chi connectivity index (χ4n) is 2.70. The second-order valence-corrected chi connectivity index (χ2v) is 8.54. The van der Waals surface area contributed by atoms with Gasteiger partial charge in [0.2, 0.25) is 0 Å². The van der Waals surface area contributed by atoms with Crippen molar-refractivity contribution in [2.75, 3.05) is 16.7 Å². The van der Waals surface area contributed by atoms with E-state index in [1.807, 2.05) is 12.1 Å². The number of nitrogens with zero attached hydrogens (tertiary/aromatic N) is 1. The quantitative estimate of drug-likeness (QED) is 0.740. The van der Waals surface area contributed by atoms with Crippen molar-refractivity contribution < 1.29 is 17.9 Å². The number of hydrogen-bond acceptors (Lipinski definition) is 5. The minimum Gasteiger partial charge on any atom is -0.454 e. The van der Waals surface area contributed by atoms with Gasteiger partial charge >= 0.3 is 0 Å². The summed E-state index contributed by atoms with van der Waals surface area (Å²) >= 11 is 1.12. The molecule has 0 aliphatic carbocycles. The Labute approximate surface area is 154 Å². The predicted octanol–water partition coefficient (Wildman–Crippen LogP) is 3.93. The highest BCUT2D eigenvalue weighted by Crippen LogP contribution is 2.39. The van der Waals surface area contributed by atoms with Gasteiger partial charge in [-0.15, -0.1) is 11.3 Å². The zero-order chi connectivity index (χ0) is 18.3. The second kappa shape index (κ2) is 6.15. The molecule has 132 valence electrons. The SMILES string of the molecule is CN1C(=O)c2cc(NS(=O)(=O)c3cccs3)ccc2Oc2ccccc21. The number of para-hydroxylation sites is 2. The maximum absolute atomic E-state index is 12.8. The van der Waals surface area contributed by atoms with E-state index in [0.29, 0.717) is 22.9 Å². The normalized spacial score (nSPS) is 13.4. The van der Waals surface area contributed by atoms with Gasteiger partial charge in [0.25, 0.3) is 15.9 Å². The molecule has 0 saturated carbocycles. The first-order valence-electron chi connectivity index (χ1n) is 7.71. The van der Waals surface area contributed by atoms with Crippen molar-refractivity contribution in [3.8, 4) is 11.5 Å². The van der Waals surface area contributed by atoms with Crippen LogP contribution < -0.4 is 14.4 Å². The van der Waals surface area contributed by atoms with Crippen LogP contribution in [-0.4, -0.2) is 21.4 Å². The molecule has 1 aliphatic heterocycles. The first-order valence-corrected chi connectivity index (χ1v) is 10.1. The second-order valence-electron chi connectivity index (χ2n) is 5.68. The first-order chi connectivity index (χ1) is 12.5. The molecule has 1 aromatic heterocycles. The van der Waals surface area contributed by atoms with Crippen molar-refractivity contribution in [1.29, 1.82) is 0 Å². The van der Waals surface area contributed by atoms with E-state index in [4.69, 9.17) is 4.74 Å². The molecule has 8 heteroatoms. The summed E-state index contributed by atoms with van der Waals surface area (Å²) in [5, 5.41) is 1.69. The smallest absolute Gasteiger partial charge is 0.271 e. The molecule has 1 N–H and O–H groups in total. The number of hydrogen-bond donors (Lipinski definition) is 1. The van der Waals surface area contributed by atoms with Gasteiger partial charge in [-0.2, -0.15) is 0 Å². The van der Waals surface area contributed by atoms with Crippen LogP contribution in [0.15, 0.2) is 64.2 Å². The molecular weight excluding hydrogens is 372 g/mol. The van der Waals surface area contributed by atoms with Gasteiger partial charge < -0.3 is 9.64 Å². The van der Waals surface area contributed by atoms with E-state index in [-0.39, 0.29) is 15.7 Å². The van der Waals surface area contributed by atoms with Gasteiger partial charge in [0.05, 0.1) is 11.3 Å². The number of benzene rings is 2. The molecule has 0 fully saturated rings. The van der Waals surface area contributed by atoms with E-state index < -0.39 is 10.0 Å². The maximum atomic E-state index is 12.8. The third kappa shape index (κ3) is 2.83. The minimum atomic E-state index is -3.69. The monoisotopic (exact) mass is 386 g/mol. The lowest BCUT2D eigenvalue weighted by Gasteiger charge is -2.16. The zero-order valence-electron chi connectivity index (χ0n) is 13.7. The number of sulfonamides is 1. The summed E-state index contributed by atoms with van der Waals surface area (Å²) in [5.41, 5.74) is 1.23. The number of carbonyl (C=O) groups excluding carboxylic acids is 1. The van der Waals surface area contributed by atoms with Crippen molar-refractivity contribution in [3.05, 3.63) is 65.5 Å². The Morgan fingerprint density at radius 2 is 1.85 bits per heavy atom. The van der Waals surface area contributed by atoms with Gasteiger partial charge in [-0.25, -0.2) is 8.42 Å². The molecule has 2 heterocycles. The van der Waals surface area contributed by atoms with Crippen LogP contribution in [0.4, 0.5) is 11.4 Å². The lowest BCUT2D eigenvalue weighted by atomic mass is 10.1. The molecule has 1 aliphatic rings. The summed E-state index contributed by atoms with van der Waals surface area (Å²) in [5.74, 6) is 0.669. The van der Waals surface area contributed by atoms with Gasteiger partial charge in [-0.05, 0) is 41.8 Å². The van der Waals surface area contributed by atoms with Crippen LogP contribution >= 0.6 is 11.3 Å². The third-order valence-corrected chi connectivity index (χ3v) is 6.75. The largest absolute Gasteiger partial charge is 0.454 e. The number of nitrogens with one attached hydrogen (secondary N) is 1. The van der Waals surface area contributed by atoms with Crippen LogP contribution in [0.5, 0.6) is 11.5 Å². The molecule has 0 radical (unpaired) electrons. The number of fused-ring (bicyclic) bond motifs is 2. The highest BCUT2D eigenvalue weighted by molar-refractivity contribution is 7.94. The van der Waals surface area contributed by atoms with Gasteiger partial charge in [-0.3, -0.25) is 9.52 Å². The van der Waals surface area contributed by atoms with E-state index in [1.54, 1.807) is 42.8 Å². The standard InChI is InChI=1S/C18H14N2O4S2/c1-20-14-5-2-3-6-16(14)24-15-9-8-12(11-13(15)18(20)21)19-26(22,23)17-7-4-10-25-17/h2-11,19H,1H3. The topological polar surface area (TPSA) is 75.7 Å². The van der Waals surface area contributed by atoms with E-state index in [9.17, 15) is 13.2 Å². The first kappa shape index (κ1) is 16.6. The van der Waals surface area contributed by atoms with Crippen LogP contribution in [0.3, 0.4) is 0 Å². The third-order valence-electron chi connectivity index (χ3n) is 3.97. The Balaban J connectivity index is 1.73. The minimum absolute atomic E-state index is 0.208. The zero-order valence-corrected chi connectivity index (χ0v) is 15.3. The van der Waals surface area contributed by atoms with Crippen molar-refractivity contribution >= 4 is 38.6 Å². The van der Waals surface area contributed by atoms with Crippen LogP contribution in [0, 0.1) is 0 Å². The molecule has 2 aromatic carbocycles. The number of thiophene rings is 1. The highest BCUT2D eigenvalue weighted by atomic mass is 32.2. The van der Waals surface area contributed by atoms with E-state index in [1.165, 1.54) is 17.0 Å². The number of anilines is 2. The fourth-order valence-corrected chi connectivity index (χ4v) is 4.74. The fraction of sp³-hybridized carbons (Fsp3) is 0.0556. The Hall–Kier alpha value is -2.84. The van der Waals surface area contributed by atoms with Crippen molar-refractivity contribution in [2.24, 2.45) is 0 Å². The molecule has 26 heavy (non-hydrogen) atoms. The summed E-state index contributed by atoms with van der Waals surface area (Å²) in [4.78, 5) is 14.3. The maximum Gasteiger partial charge on any atom is 0.271 e. The summed E-state index contributed by atoms with van der Waals surface area (Å²) in [7, 11) is -2.03. The molecule has 0 atom stereocenters. The molecule has 0 bridgehead atoms. The number of amides is 1. The van der Waals surface area contributed by atoms with Crippen molar-refractivity contribution in [1.82, 2.24) is 0 Å². The molecule has 6 nitrogen and oxygen atoms in total. The molecule has 0 spiro atoms. The van der Waals surface area contributed by atoms with E-state index in [0.717, 1.165) is 11.3 Å². The number of rotatable bonds is 3. The predicted molar refractivity (Wildman–Crippen MR) is 101 cm³/mol. The van der Waals surface area contributed by atoms with Crippen molar-refractivity contribution in [3.63, 3.8) is 0 Å². The Bertz CT molecular complexity index is 1090. The van der Waals surface area contributed by atoms with Gasteiger partial charge in [-0.1, -0.05) is 18.2 Å². The Morgan fingerprint density at radius 3 is 2.62 bits per heavy atom. The highest BCUT2D eigenvalue weighted by Gasteiger charge is 2.26. The Kier molecular flexibility index (Phi) is 3.93. The van der Waals surface area contributed by atoms with Crippen LogP contribution in [0.1, 0.15) is 10.4 Å². The van der Waals surface area contributed by atoms with Crippen LogP contribution in [0.25, 0.3) is 0 Å². The van der Waals surface area contributed by atoms with Gasteiger partial charge in [0.15, 0.2) is 5.75 Å². The van der Waals surface area contributed by atoms with Crippen molar-refractivity contribution in [2.45, 2.75) is 4.21 Å². The van der Waals surface area contributed by atoms with Crippen LogP contribution in [0.2, 0.25) is 0 Å². The lowest BCUT2D eigenvalue weighted by Crippen LogP contribution is -2.25. The summed E-state index contributed by atoms with van der Waals surface area (Å²) in [6.07, 6.45) is 0. The lowest BCUT2D eigenvalue weighted by molar-refractivity contribution is 0.0993. The average Bonchev–Trinajstić information content (AvgIpc) is 3.15.